The maximum atomic E-state index is 13.1. The van der Waals surface area contributed by atoms with Crippen molar-refractivity contribution in [3.63, 3.8) is 0 Å². The first kappa shape index (κ1) is 15.9. The van der Waals surface area contributed by atoms with Gasteiger partial charge in [0.2, 0.25) is 5.91 Å². The Balaban J connectivity index is 0.00000180. The molecule has 1 aliphatic rings. The van der Waals surface area contributed by atoms with Crippen molar-refractivity contribution in [2.45, 2.75) is 44.7 Å². The fourth-order valence-corrected chi connectivity index (χ4v) is 2.41. The number of aryl methyl sites for hydroxylation is 1. The number of carbonyl (C=O) groups excluding carboxylic acids is 1. The van der Waals surface area contributed by atoms with E-state index in [1.807, 2.05) is 0 Å². The zero-order valence-electron chi connectivity index (χ0n) is 11.0. The molecule has 1 aliphatic carbocycles. The van der Waals surface area contributed by atoms with E-state index in [1.165, 1.54) is 6.07 Å². The van der Waals surface area contributed by atoms with E-state index in [-0.39, 0.29) is 24.1 Å². The summed E-state index contributed by atoms with van der Waals surface area (Å²) in [6.45, 7) is 2.11. The molecule has 19 heavy (non-hydrogen) atoms. The molecule has 1 aromatic rings. The number of halogens is 2. The van der Waals surface area contributed by atoms with Crippen LogP contribution in [0, 0.1) is 12.7 Å². The number of hydrogen-bond donors (Lipinski definition) is 2. The molecule has 0 atom stereocenters. The van der Waals surface area contributed by atoms with Gasteiger partial charge in [0.1, 0.15) is 5.82 Å². The maximum Gasteiger partial charge on any atom is 0.240 e. The lowest BCUT2D eigenvalue weighted by atomic mass is 9.98. The first-order chi connectivity index (χ1) is 8.51. The van der Waals surface area contributed by atoms with Gasteiger partial charge >= 0.3 is 0 Å². The third-order valence-corrected chi connectivity index (χ3v) is 3.62. The molecular formula is C14H20ClFN2O. The van der Waals surface area contributed by atoms with Gasteiger partial charge in [-0.05, 0) is 37.0 Å². The highest BCUT2D eigenvalue weighted by molar-refractivity contribution is 5.86. The first-order valence-electron chi connectivity index (χ1n) is 6.33. The number of hydrogen-bond acceptors (Lipinski definition) is 2. The molecule has 1 aromatic carbocycles. The molecule has 0 bridgehead atoms. The van der Waals surface area contributed by atoms with Crippen LogP contribution >= 0.6 is 12.4 Å². The zero-order valence-corrected chi connectivity index (χ0v) is 11.9. The standard InChI is InChI=1S/C14H19FN2O.ClH/c1-10-8-11(4-5-12(10)15)9-17-13(18)14(16)6-2-3-7-14;/h4-5,8H,2-3,6-7,9,16H2,1H3,(H,17,18);1H. The quantitative estimate of drug-likeness (QED) is 0.897. The van der Waals surface area contributed by atoms with Crippen LogP contribution in [-0.4, -0.2) is 11.4 Å². The van der Waals surface area contributed by atoms with Gasteiger partial charge in [-0.2, -0.15) is 0 Å². The summed E-state index contributed by atoms with van der Waals surface area (Å²) >= 11 is 0. The lowest BCUT2D eigenvalue weighted by Crippen LogP contribution is -2.51. The minimum absolute atomic E-state index is 0. The number of carbonyl (C=O) groups is 1. The Bertz CT molecular complexity index is 459. The summed E-state index contributed by atoms with van der Waals surface area (Å²) in [5, 5.41) is 2.84. The molecule has 1 fully saturated rings. The fraction of sp³-hybridized carbons (Fsp3) is 0.500. The van der Waals surface area contributed by atoms with E-state index in [0.717, 1.165) is 31.2 Å². The monoisotopic (exact) mass is 286 g/mol. The summed E-state index contributed by atoms with van der Waals surface area (Å²) in [6.07, 6.45) is 3.53. The Hall–Kier alpha value is -1.13. The van der Waals surface area contributed by atoms with Gasteiger partial charge in [-0.25, -0.2) is 4.39 Å². The van der Waals surface area contributed by atoms with Crippen molar-refractivity contribution >= 4 is 18.3 Å². The molecule has 0 aliphatic heterocycles. The van der Waals surface area contributed by atoms with Crippen molar-refractivity contribution in [1.29, 1.82) is 0 Å². The van der Waals surface area contributed by atoms with E-state index in [9.17, 15) is 9.18 Å². The van der Waals surface area contributed by atoms with Gasteiger partial charge in [0.15, 0.2) is 0 Å². The molecule has 0 saturated heterocycles. The van der Waals surface area contributed by atoms with E-state index < -0.39 is 5.54 Å². The van der Waals surface area contributed by atoms with Crippen molar-refractivity contribution < 1.29 is 9.18 Å². The molecule has 3 N–H and O–H groups in total. The molecule has 3 nitrogen and oxygen atoms in total. The summed E-state index contributed by atoms with van der Waals surface area (Å²) < 4.78 is 13.1. The van der Waals surface area contributed by atoms with Gasteiger partial charge in [0.05, 0.1) is 5.54 Å². The van der Waals surface area contributed by atoms with Gasteiger partial charge < -0.3 is 11.1 Å². The average molecular weight is 287 g/mol. The van der Waals surface area contributed by atoms with Crippen LogP contribution in [-0.2, 0) is 11.3 Å². The zero-order chi connectivity index (χ0) is 13.2. The van der Waals surface area contributed by atoms with Crippen LogP contribution in [0.1, 0.15) is 36.8 Å². The van der Waals surface area contributed by atoms with Crippen molar-refractivity contribution in [3.05, 3.63) is 35.1 Å². The molecule has 1 amide bonds. The molecule has 0 radical (unpaired) electrons. The molecule has 5 heteroatoms. The van der Waals surface area contributed by atoms with Crippen LogP contribution in [0.15, 0.2) is 18.2 Å². The fourth-order valence-electron chi connectivity index (χ4n) is 2.41. The molecule has 0 unspecified atom stereocenters. The summed E-state index contributed by atoms with van der Waals surface area (Å²) in [6, 6.07) is 4.85. The second-order valence-corrected chi connectivity index (χ2v) is 5.13. The van der Waals surface area contributed by atoms with Gasteiger partial charge in [0, 0.05) is 6.54 Å². The Morgan fingerprint density at radius 1 is 1.42 bits per heavy atom. The highest BCUT2D eigenvalue weighted by Crippen LogP contribution is 2.27. The summed E-state index contributed by atoms with van der Waals surface area (Å²) in [5.74, 6) is -0.321. The predicted octanol–water partition coefficient (Wildman–Crippen LogP) is 2.44. The number of nitrogens with two attached hydrogens (primary N) is 1. The van der Waals surface area contributed by atoms with Crippen LogP contribution < -0.4 is 11.1 Å². The van der Waals surface area contributed by atoms with Gasteiger partial charge in [-0.15, -0.1) is 12.4 Å². The lowest BCUT2D eigenvalue weighted by Gasteiger charge is -2.22. The number of rotatable bonds is 3. The van der Waals surface area contributed by atoms with E-state index in [4.69, 9.17) is 5.73 Å². The Morgan fingerprint density at radius 2 is 2.05 bits per heavy atom. The molecule has 1 saturated carbocycles. The largest absolute Gasteiger partial charge is 0.350 e. The van der Waals surface area contributed by atoms with Crippen molar-refractivity contribution in [2.24, 2.45) is 5.73 Å². The van der Waals surface area contributed by atoms with Crippen molar-refractivity contribution in [2.75, 3.05) is 0 Å². The number of nitrogens with one attached hydrogen (secondary N) is 1. The second kappa shape index (κ2) is 6.35. The minimum Gasteiger partial charge on any atom is -0.350 e. The molecular weight excluding hydrogens is 267 g/mol. The Morgan fingerprint density at radius 3 is 2.63 bits per heavy atom. The van der Waals surface area contributed by atoms with Crippen molar-refractivity contribution in [3.8, 4) is 0 Å². The summed E-state index contributed by atoms with van der Waals surface area (Å²) in [5.41, 5.74) is 6.83. The highest BCUT2D eigenvalue weighted by Gasteiger charge is 2.36. The van der Waals surface area contributed by atoms with E-state index in [2.05, 4.69) is 5.32 Å². The minimum atomic E-state index is -0.699. The number of amides is 1. The normalized spacial score (nSPS) is 16.8. The maximum absolute atomic E-state index is 13.1. The van der Waals surface area contributed by atoms with Crippen LogP contribution in [0.3, 0.4) is 0 Å². The van der Waals surface area contributed by atoms with Crippen LogP contribution in [0.5, 0.6) is 0 Å². The summed E-state index contributed by atoms with van der Waals surface area (Å²) in [4.78, 5) is 12.0. The SMILES string of the molecule is Cc1cc(CNC(=O)C2(N)CCCC2)ccc1F.Cl. The van der Waals surface area contributed by atoms with Gasteiger partial charge in [0.25, 0.3) is 0 Å². The summed E-state index contributed by atoms with van der Waals surface area (Å²) in [7, 11) is 0. The first-order valence-corrected chi connectivity index (χ1v) is 6.33. The molecule has 106 valence electrons. The van der Waals surface area contributed by atoms with E-state index in [1.54, 1.807) is 19.1 Å². The Kier molecular flexibility index (Phi) is 5.32. The topological polar surface area (TPSA) is 55.1 Å². The highest BCUT2D eigenvalue weighted by atomic mass is 35.5. The Labute approximate surface area is 119 Å². The van der Waals surface area contributed by atoms with E-state index in [0.29, 0.717) is 12.1 Å². The number of benzene rings is 1. The third-order valence-electron chi connectivity index (χ3n) is 3.62. The smallest absolute Gasteiger partial charge is 0.240 e. The van der Waals surface area contributed by atoms with Crippen LogP contribution in [0.25, 0.3) is 0 Å². The second-order valence-electron chi connectivity index (χ2n) is 5.13. The third kappa shape index (κ3) is 3.67. The molecule has 2 rings (SSSR count). The molecule has 0 heterocycles. The van der Waals surface area contributed by atoms with Crippen LogP contribution in [0.4, 0.5) is 4.39 Å². The van der Waals surface area contributed by atoms with Gasteiger partial charge in [-0.3, -0.25) is 4.79 Å². The van der Waals surface area contributed by atoms with Gasteiger partial charge in [-0.1, -0.05) is 25.0 Å². The average Bonchev–Trinajstić information content (AvgIpc) is 2.79. The van der Waals surface area contributed by atoms with E-state index >= 15 is 0 Å². The lowest BCUT2D eigenvalue weighted by molar-refractivity contribution is -0.126. The predicted molar refractivity (Wildman–Crippen MR) is 75.6 cm³/mol. The van der Waals surface area contributed by atoms with Crippen LogP contribution in [0.2, 0.25) is 0 Å². The molecule has 0 spiro atoms. The molecule has 0 aromatic heterocycles. The van der Waals surface area contributed by atoms with Crippen molar-refractivity contribution in [1.82, 2.24) is 5.32 Å².